The van der Waals surface area contributed by atoms with Crippen molar-refractivity contribution in [1.82, 2.24) is 20.0 Å². The predicted octanol–water partition coefficient (Wildman–Crippen LogP) is 2.57. The Morgan fingerprint density at radius 2 is 2.00 bits per heavy atom. The van der Waals surface area contributed by atoms with Gasteiger partial charge in [0.25, 0.3) is 5.91 Å². The standard InChI is InChI=1S/C14H10ClN5O/c15-13-8-10(6-7-16-13)18-14(21)12-9-17-20(19-12)11-4-2-1-3-5-11/h1-9H,(H,16,18,21). The Bertz CT molecular complexity index is 772. The third-order valence-electron chi connectivity index (χ3n) is 2.70. The molecule has 0 saturated carbocycles. The first kappa shape index (κ1) is 13.3. The highest BCUT2D eigenvalue weighted by molar-refractivity contribution is 6.29. The average Bonchev–Trinajstić information content (AvgIpc) is 2.98. The van der Waals surface area contributed by atoms with Crippen LogP contribution in [0.1, 0.15) is 10.5 Å². The van der Waals surface area contributed by atoms with Crippen LogP contribution >= 0.6 is 11.6 Å². The van der Waals surface area contributed by atoms with Crippen molar-refractivity contribution in [3.63, 3.8) is 0 Å². The van der Waals surface area contributed by atoms with Gasteiger partial charge in [-0.1, -0.05) is 29.8 Å². The molecular formula is C14H10ClN5O. The first-order valence-electron chi connectivity index (χ1n) is 6.13. The summed E-state index contributed by atoms with van der Waals surface area (Å²) in [7, 11) is 0. The summed E-state index contributed by atoms with van der Waals surface area (Å²) in [5.41, 5.74) is 1.55. The largest absolute Gasteiger partial charge is 0.320 e. The topological polar surface area (TPSA) is 72.7 Å². The maximum atomic E-state index is 12.1. The third-order valence-corrected chi connectivity index (χ3v) is 2.90. The molecule has 2 aromatic heterocycles. The molecule has 0 fully saturated rings. The van der Waals surface area contributed by atoms with E-state index in [4.69, 9.17) is 11.6 Å². The maximum absolute atomic E-state index is 12.1. The van der Waals surface area contributed by atoms with Gasteiger partial charge in [-0.05, 0) is 24.3 Å². The van der Waals surface area contributed by atoms with E-state index in [-0.39, 0.29) is 11.6 Å². The number of hydrogen-bond donors (Lipinski definition) is 1. The van der Waals surface area contributed by atoms with Crippen molar-refractivity contribution in [2.24, 2.45) is 0 Å². The second-order valence-electron chi connectivity index (χ2n) is 4.18. The SMILES string of the molecule is O=C(Nc1ccnc(Cl)c1)c1cnn(-c2ccccc2)n1. The minimum atomic E-state index is -0.362. The first-order valence-corrected chi connectivity index (χ1v) is 6.51. The fourth-order valence-electron chi connectivity index (χ4n) is 1.73. The zero-order valence-electron chi connectivity index (χ0n) is 10.8. The van der Waals surface area contributed by atoms with Crippen LogP contribution in [0.15, 0.2) is 54.9 Å². The second kappa shape index (κ2) is 5.72. The number of carbonyl (C=O) groups is 1. The first-order chi connectivity index (χ1) is 10.2. The Hall–Kier alpha value is -2.73. The number of aromatic nitrogens is 4. The second-order valence-corrected chi connectivity index (χ2v) is 4.56. The lowest BCUT2D eigenvalue weighted by Gasteiger charge is -2.02. The Morgan fingerprint density at radius 3 is 2.76 bits per heavy atom. The van der Waals surface area contributed by atoms with Crippen molar-refractivity contribution < 1.29 is 4.79 Å². The Kier molecular flexibility index (Phi) is 3.61. The van der Waals surface area contributed by atoms with Crippen LogP contribution in [0.4, 0.5) is 5.69 Å². The maximum Gasteiger partial charge on any atom is 0.277 e. The van der Waals surface area contributed by atoms with Crippen molar-refractivity contribution in [2.75, 3.05) is 5.32 Å². The molecule has 21 heavy (non-hydrogen) atoms. The van der Waals surface area contributed by atoms with Crippen molar-refractivity contribution in [3.05, 3.63) is 65.7 Å². The van der Waals surface area contributed by atoms with Crippen LogP contribution in [-0.2, 0) is 0 Å². The molecule has 0 radical (unpaired) electrons. The van der Waals surface area contributed by atoms with E-state index in [1.807, 2.05) is 30.3 Å². The van der Waals surface area contributed by atoms with Crippen LogP contribution in [0.5, 0.6) is 0 Å². The summed E-state index contributed by atoms with van der Waals surface area (Å²) >= 11 is 5.76. The van der Waals surface area contributed by atoms with Crippen molar-refractivity contribution >= 4 is 23.2 Å². The number of pyridine rings is 1. The molecule has 1 aromatic carbocycles. The zero-order valence-corrected chi connectivity index (χ0v) is 11.5. The molecule has 0 aliphatic heterocycles. The number of nitrogens with zero attached hydrogens (tertiary/aromatic N) is 4. The minimum Gasteiger partial charge on any atom is -0.320 e. The van der Waals surface area contributed by atoms with Gasteiger partial charge in [0.15, 0.2) is 5.69 Å². The van der Waals surface area contributed by atoms with Gasteiger partial charge in [-0.3, -0.25) is 4.79 Å². The molecule has 0 aliphatic rings. The highest BCUT2D eigenvalue weighted by Crippen LogP contribution is 2.13. The molecule has 2 heterocycles. The Morgan fingerprint density at radius 1 is 1.19 bits per heavy atom. The summed E-state index contributed by atoms with van der Waals surface area (Å²) < 4.78 is 0. The normalized spacial score (nSPS) is 10.3. The molecule has 0 spiro atoms. The summed E-state index contributed by atoms with van der Waals surface area (Å²) in [5.74, 6) is -0.362. The monoisotopic (exact) mass is 299 g/mol. The van der Waals surface area contributed by atoms with Crippen LogP contribution in [0.25, 0.3) is 5.69 Å². The molecule has 6 nitrogen and oxygen atoms in total. The number of benzene rings is 1. The van der Waals surface area contributed by atoms with E-state index in [1.165, 1.54) is 17.2 Å². The fourth-order valence-corrected chi connectivity index (χ4v) is 1.90. The van der Waals surface area contributed by atoms with Crippen LogP contribution < -0.4 is 5.32 Å². The number of hydrogen-bond acceptors (Lipinski definition) is 4. The van der Waals surface area contributed by atoms with Crippen molar-refractivity contribution in [2.45, 2.75) is 0 Å². The highest BCUT2D eigenvalue weighted by atomic mass is 35.5. The molecule has 1 N–H and O–H groups in total. The molecule has 0 bridgehead atoms. The lowest BCUT2D eigenvalue weighted by atomic mass is 10.3. The summed E-state index contributed by atoms with van der Waals surface area (Å²) in [4.78, 5) is 17.3. The van der Waals surface area contributed by atoms with Gasteiger partial charge < -0.3 is 5.32 Å². The van der Waals surface area contributed by atoms with E-state index in [1.54, 1.807) is 12.1 Å². The van der Waals surface area contributed by atoms with Gasteiger partial charge in [0.05, 0.1) is 11.9 Å². The number of halogens is 1. The molecule has 0 saturated heterocycles. The van der Waals surface area contributed by atoms with E-state index in [2.05, 4.69) is 20.5 Å². The molecule has 3 rings (SSSR count). The van der Waals surface area contributed by atoms with Gasteiger partial charge in [-0.2, -0.15) is 9.90 Å². The van der Waals surface area contributed by atoms with Crippen LogP contribution in [-0.4, -0.2) is 25.9 Å². The number of rotatable bonds is 3. The van der Waals surface area contributed by atoms with Gasteiger partial charge in [-0.25, -0.2) is 4.98 Å². The minimum absolute atomic E-state index is 0.215. The van der Waals surface area contributed by atoms with Gasteiger partial charge >= 0.3 is 0 Å². The number of carbonyl (C=O) groups excluding carboxylic acids is 1. The van der Waals surface area contributed by atoms with Gasteiger partial charge in [0.1, 0.15) is 5.15 Å². The smallest absolute Gasteiger partial charge is 0.277 e. The summed E-state index contributed by atoms with van der Waals surface area (Å²) in [6.07, 6.45) is 2.92. The van der Waals surface area contributed by atoms with Crippen LogP contribution in [0.2, 0.25) is 5.15 Å². The van der Waals surface area contributed by atoms with Gasteiger partial charge in [0.2, 0.25) is 0 Å². The highest BCUT2D eigenvalue weighted by Gasteiger charge is 2.11. The number of para-hydroxylation sites is 1. The lowest BCUT2D eigenvalue weighted by Crippen LogP contribution is -2.13. The van der Waals surface area contributed by atoms with E-state index in [9.17, 15) is 4.79 Å². The van der Waals surface area contributed by atoms with Crippen LogP contribution in [0.3, 0.4) is 0 Å². The van der Waals surface area contributed by atoms with Gasteiger partial charge in [-0.15, -0.1) is 5.10 Å². The average molecular weight is 300 g/mol. The Balaban J connectivity index is 1.78. The molecule has 0 unspecified atom stereocenters. The van der Waals surface area contributed by atoms with Crippen LogP contribution in [0, 0.1) is 0 Å². The quantitative estimate of drug-likeness (QED) is 0.754. The lowest BCUT2D eigenvalue weighted by molar-refractivity contribution is 0.102. The summed E-state index contributed by atoms with van der Waals surface area (Å²) in [6, 6.07) is 12.5. The molecular weight excluding hydrogens is 290 g/mol. The number of anilines is 1. The van der Waals surface area contributed by atoms with Crippen molar-refractivity contribution in [3.8, 4) is 5.69 Å². The molecule has 0 atom stereocenters. The molecule has 7 heteroatoms. The fraction of sp³-hybridized carbons (Fsp3) is 0. The molecule has 0 aliphatic carbocycles. The summed E-state index contributed by atoms with van der Waals surface area (Å²) in [6.45, 7) is 0. The van der Waals surface area contributed by atoms with E-state index < -0.39 is 0 Å². The number of nitrogens with one attached hydrogen (secondary N) is 1. The van der Waals surface area contributed by atoms with E-state index in [0.717, 1.165) is 5.69 Å². The molecule has 3 aromatic rings. The third kappa shape index (κ3) is 3.06. The van der Waals surface area contributed by atoms with Gasteiger partial charge in [0, 0.05) is 11.9 Å². The Labute approximate surface area is 125 Å². The summed E-state index contributed by atoms with van der Waals surface area (Å²) in [5, 5.41) is 11.2. The molecule has 104 valence electrons. The number of amides is 1. The van der Waals surface area contributed by atoms with E-state index >= 15 is 0 Å². The predicted molar refractivity (Wildman–Crippen MR) is 78.6 cm³/mol. The molecule has 1 amide bonds. The zero-order chi connectivity index (χ0) is 14.7. The van der Waals surface area contributed by atoms with Crippen molar-refractivity contribution in [1.29, 1.82) is 0 Å². The van der Waals surface area contributed by atoms with E-state index in [0.29, 0.717) is 10.8 Å².